The largest absolute Gasteiger partial charge is 0.469 e. The van der Waals surface area contributed by atoms with E-state index in [1.54, 1.807) is 6.20 Å². The molecule has 0 amide bonds. The first-order valence-electron chi connectivity index (χ1n) is 4.74. The number of hydrogen-bond acceptors (Lipinski definition) is 4. The van der Waals surface area contributed by atoms with E-state index in [1.165, 1.54) is 7.11 Å². The van der Waals surface area contributed by atoms with Gasteiger partial charge in [-0.15, -0.1) is 0 Å². The first-order chi connectivity index (χ1) is 6.81. The molecule has 0 spiro atoms. The van der Waals surface area contributed by atoms with Gasteiger partial charge < -0.3 is 4.74 Å². The van der Waals surface area contributed by atoms with Crippen molar-refractivity contribution in [2.24, 2.45) is 5.92 Å². The molecule has 5 nitrogen and oxygen atoms in total. The van der Waals surface area contributed by atoms with Gasteiger partial charge in [-0.3, -0.25) is 4.79 Å². The van der Waals surface area contributed by atoms with E-state index in [1.807, 2.05) is 0 Å². The zero-order valence-electron chi connectivity index (χ0n) is 8.06. The minimum Gasteiger partial charge on any atom is -0.469 e. The van der Waals surface area contributed by atoms with Crippen molar-refractivity contribution in [3.05, 3.63) is 11.9 Å². The van der Waals surface area contributed by atoms with Crippen molar-refractivity contribution in [3.8, 4) is 0 Å². The van der Waals surface area contributed by atoms with Crippen LogP contribution >= 0.6 is 0 Å². The lowest BCUT2D eigenvalue weighted by molar-refractivity contribution is -0.145. The van der Waals surface area contributed by atoms with Gasteiger partial charge in [0.25, 0.3) is 0 Å². The van der Waals surface area contributed by atoms with Crippen molar-refractivity contribution in [3.63, 3.8) is 0 Å². The lowest BCUT2D eigenvalue weighted by Crippen LogP contribution is -2.12. The van der Waals surface area contributed by atoms with Crippen molar-refractivity contribution in [1.82, 2.24) is 15.4 Å². The standard InChI is InChI=1S/C9H13N3O2/c1-14-9(13)7-3-2-6(4-7)8-5-10-12-11-8/h5-7H,2-4H2,1H3,(H,10,11,12). The summed E-state index contributed by atoms with van der Waals surface area (Å²) in [6.07, 6.45) is 4.44. The van der Waals surface area contributed by atoms with Crippen LogP contribution in [0.3, 0.4) is 0 Å². The first kappa shape index (κ1) is 9.18. The Labute approximate surface area is 81.8 Å². The number of esters is 1. The molecule has 2 unspecified atom stereocenters. The van der Waals surface area contributed by atoms with Gasteiger partial charge in [0.05, 0.1) is 24.9 Å². The lowest BCUT2D eigenvalue weighted by atomic mass is 10.0. The summed E-state index contributed by atoms with van der Waals surface area (Å²) in [6, 6.07) is 0. The Hall–Kier alpha value is -1.39. The molecule has 2 atom stereocenters. The van der Waals surface area contributed by atoms with Crippen LogP contribution in [-0.2, 0) is 9.53 Å². The van der Waals surface area contributed by atoms with Gasteiger partial charge in [0.2, 0.25) is 0 Å². The molecule has 1 aromatic heterocycles. The number of hydrogen-bond donors (Lipinski definition) is 1. The molecular weight excluding hydrogens is 182 g/mol. The number of ether oxygens (including phenoxy) is 1. The average molecular weight is 195 g/mol. The Morgan fingerprint density at radius 1 is 1.64 bits per heavy atom. The number of H-pyrrole nitrogens is 1. The maximum atomic E-state index is 11.3. The molecule has 5 heteroatoms. The summed E-state index contributed by atoms with van der Waals surface area (Å²) in [5.74, 6) is 0.301. The highest BCUT2D eigenvalue weighted by molar-refractivity contribution is 5.72. The third-order valence-electron chi connectivity index (χ3n) is 2.82. The summed E-state index contributed by atoms with van der Waals surface area (Å²) in [6.45, 7) is 0. The highest BCUT2D eigenvalue weighted by Crippen LogP contribution is 2.37. The van der Waals surface area contributed by atoms with Gasteiger partial charge in [0.1, 0.15) is 0 Å². The van der Waals surface area contributed by atoms with Gasteiger partial charge in [-0.05, 0) is 19.3 Å². The van der Waals surface area contributed by atoms with Gasteiger partial charge in [-0.2, -0.15) is 15.4 Å². The number of aromatic amines is 1. The fraction of sp³-hybridized carbons (Fsp3) is 0.667. The van der Waals surface area contributed by atoms with E-state index in [0.717, 1.165) is 25.0 Å². The van der Waals surface area contributed by atoms with Crippen molar-refractivity contribution in [2.75, 3.05) is 7.11 Å². The third-order valence-corrected chi connectivity index (χ3v) is 2.82. The van der Waals surface area contributed by atoms with Crippen molar-refractivity contribution < 1.29 is 9.53 Å². The van der Waals surface area contributed by atoms with Crippen LogP contribution in [0.1, 0.15) is 30.9 Å². The van der Waals surface area contributed by atoms with Crippen LogP contribution in [0.25, 0.3) is 0 Å². The summed E-state index contributed by atoms with van der Waals surface area (Å²) in [7, 11) is 1.44. The van der Waals surface area contributed by atoms with E-state index >= 15 is 0 Å². The number of nitrogens with zero attached hydrogens (tertiary/aromatic N) is 2. The highest BCUT2D eigenvalue weighted by Gasteiger charge is 2.32. The average Bonchev–Trinajstić information content (AvgIpc) is 2.86. The normalized spacial score (nSPS) is 26.4. The van der Waals surface area contributed by atoms with Crippen LogP contribution in [0.4, 0.5) is 0 Å². The van der Waals surface area contributed by atoms with E-state index in [2.05, 4.69) is 15.4 Å². The SMILES string of the molecule is COC(=O)C1CCC(c2cn[nH]n2)C1. The van der Waals surface area contributed by atoms with E-state index in [0.29, 0.717) is 5.92 Å². The van der Waals surface area contributed by atoms with Crippen LogP contribution in [0.15, 0.2) is 6.20 Å². The molecule has 1 N–H and O–H groups in total. The Morgan fingerprint density at radius 2 is 2.50 bits per heavy atom. The number of methoxy groups -OCH3 is 1. The molecule has 76 valence electrons. The number of aromatic nitrogens is 3. The van der Waals surface area contributed by atoms with Gasteiger partial charge in [-0.25, -0.2) is 0 Å². The summed E-state index contributed by atoms with van der Waals surface area (Å²) in [4.78, 5) is 11.3. The predicted molar refractivity (Wildman–Crippen MR) is 48.5 cm³/mol. The quantitative estimate of drug-likeness (QED) is 0.711. The number of nitrogens with one attached hydrogen (secondary N) is 1. The molecule has 14 heavy (non-hydrogen) atoms. The Kier molecular flexibility index (Phi) is 2.47. The monoisotopic (exact) mass is 195 g/mol. The molecule has 1 aliphatic rings. The summed E-state index contributed by atoms with van der Waals surface area (Å²) in [5.41, 5.74) is 0.955. The number of carbonyl (C=O) groups is 1. The number of carbonyl (C=O) groups excluding carboxylic acids is 1. The Balaban J connectivity index is 1.98. The third kappa shape index (κ3) is 1.62. The van der Waals surface area contributed by atoms with Crippen molar-refractivity contribution in [2.45, 2.75) is 25.2 Å². The van der Waals surface area contributed by atoms with Gasteiger partial charge >= 0.3 is 5.97 Å². The lowest BCUT2D eigenvalue weighted by Gasteiger charge is -2.06. The van der Waals surface area contributed by atoms with Crippen LogP contribution in [0.2, 0.25) is 0 Å². The maximum absolute atomic E-state index is 11.3. The van der Waals surface area contributed by atoms with Crippen molar-refractivity contribution in [1.29, 1.82) is 0 Å². The van der Waals surface area contributed by atoms with Gasteiger partial charge in [0.15, 0.2) is 0 Å². The molecule has 1 saturated carbocycles. The second-order valence-electron chi connectivity index (χ2n) is 3.62. The fourth-order valence-corrected chi connectivity index (χ4v) is 2.04. The van der Waals surface area contributed by atoms with Crippen LogP contribution in [0, 0.1) is 5.92 Å². The summed E-state index contributed by atoms with van der Waals surface area (Å²) < 4.78 is 4.72. The minimum absolute atomic E-state index is 0.0432. The Morgan fingerprint density at radius 3 is 3.14 bits per heavy atom. The molecule has 2 rings (SSSR count). The van der Waals surface area contributed by atoms with Crippen LogP contribution < -0.4 is 0 Å². The fourth-order valence-electron chi connectivity index (χ4n) is 2.04. The molecule has 0 saturated heterocycles. The summed E-state index contributed by atoms with van der Waals surface area (Å²) >= 11 is 0. The minimum atomic E-state index is -0.101. The topological polar surface area (TPSA) is 67.9 Å². The highest BCUT2D eigenvalue weighted by atomic mass is 16.5. The maximum Gasteiger partial charge on any atom is 0.308 e. The molecule has 0 radical (unpaired) electrons. The molecule has 1 heterocycles. The first-order valence-corrected chi connectivity index (χ1v) is 4.74. The number of rotatable bonds is 2. The molecule has 1 fully saturated rings. The van der Waals surface area contributed by atoms with Crippen LogP contribution in [-0.4, -0.2) is 28.5 Å². The van der Waals surface area contributed by atoms with Gasteiger partial charge in [-0.1, -0.05) is 0 Å². The smallest absolute Gasteiger partial charge is 0.308 e. The molecule has 1 aromatic rings. The zero-order valence-corrected chi connectivity index (χ0v) is 8.06. The molecule has 0 bridgehead atoms. The Bertz CT molecular complexity index is 310. The predicted octanol–water partition coefficient (Wildman–Crippen LogP) is 0.861. The molecule has 0 aromatic carbocycles. The van der Waals surface area contributed by atoms with Crippen LogP contribution in [0.5, 0.6) is 0 Å². The van der Waals surface area contributed by atoms with E-state index in [4.69, 9.17) is 4.74 Å². The zero-order chi connectivity index (χ0) is 9.97. The second-order valence-corrected chi connectivity index (χ2v) is 3.62. The molecule has 1 aliphatic carbocycles. The second kappa shape index (κ2) is 3.77. The molecule has 0 aliphatic heterocycles. The summed E-state index contributed by atoms with van der Waals surface area (Å²) in [5, 5.41) is 10.4. The van der Waals surface area contributed by atoms with E-state index < -0.39 is 0 Å². The van der Waals surface area contributed by atoms with E-state index in [-0.39, 0.29) is 11.9 Å². The van der Waals surface area contributed by atoms with Gasteiger partial charge in [0, 0.05) is 5.92 Å². The van der Waals surface area contributed by atoms with E-state index in [9.17, 15) is 4.79 Å². The molecular formula is C9H13N3O2. The van der Waals surface area contributed by atoms with Crippen molar-refractivity contribution >= 4 is 5.97 Å².